The molecule has 6 nitrogen and oxygen atoms in total. The molecule has 0 aliphatic carbocycles. The fraction of sp³-hybridized carbons (Fsp3) is 0.333. The van der Waals surface area contributed by atoms with Gasteiger partial charge in [0.25, 0.3) is 5.91 Å². The van der Waals surface area contributed by atoms with Crippen LogP contribution in [0, 0.1) is 5.82 Å². The number of carbonyl (C=O) groups excluding carboxylic acids is 1. The van der Waals surface area contributed by atoms with Crippen molar-refractivity contribution in [3.05, 3.63) is 30.1 Å². The summed E-state index contributed by atoms with van der Waals surface area (Å²) in [5, 5.41) is 19.7. The number of halogens is 1. The van der Waals surface area contributed by atoms with Gasteiger partial charge in [-0.15, -0.1) is 0 Å². The van der Waals surface area contributed by atoms with Crippen LogP contribution >= 0.6 is 0 Å². The minimum absolute atomic E-state index is 0.0269. The van der Waals surface area contributed by atoms with Crippen molar-refractivity contribution in [2.45, 2.75) is 12.5 Å². The third kappa shape index (κ3) is 5.82. The number of aliphatic carboxylic acids is 1. The summed E-state index contributed by atoms with van der Waals surface area (Å²) in [5.41, 5.74) is 0. The maximum absolute atomic E-state index is 12.6. The molecule has 0 aliphatic heterocycles. The summed E-state index contributed by atoms with van der Waals surface area (Å²) < 4.78 is 17.7. The molecule has 0 fully saturated rings. The van der Waals surface area contributed by atoms with E-state index >= 15 is 0 Å². The maximum Gasteiger partial charge on any atom is 0.332 e. The highest BCUT2D eigenvalue weighted by Crippen LogP contribution is 2.10. The van der Waals surface area contributed by atoms with E-state index in [1.807, 2.05) is 0 Å². The van der Waals surface area contributed by atoms with E-state index in [1.165, 1.54) is 24.3 Å². The molecule has 0 saturated heterocycles. The van der Waals surface area contributed by atoms with Crippen molar-refractivity contribution in [2.75, 3.05) is 13.2 Å². The first-order chi connectivity index (χ1) is 8.99. The summed E-state index contributed by atoms with van der Waals surface area (Å²) in [6, 6.07) is 5.18. The molecule has 0 aliphatic rings. The van der Waals surface area contributed by atoms with Crippen molar-refractivity contribution in [3.8, 4) is 5.75 Å². The van der Waals surface area contributed by atoms with Crippen LogP contribution in [0.5, 0.6) is 5.75 Å². The first-order valence-electron chi connectivity index (χ1n) is 5.55. The van der Waals surface area contributed by atoms with Crippen LogP contribution in [0.4, 0.5) is 4.39 Å². The smallest absolute Gasteiger partial charge is 0.332 e. The molecule has 104 valence electrons. The number of hydrogen-bond donors (Lipinski definition) is 3. The molecule has 0 heterocycles. The number of carboxylic acids is 1. The van der Waals surface area contributed by atoms with Gasteiger partial charge in [0, 0.05) is 13.0 Å². The molecule has 0 spiro atoms. The number of rotatable bonds is 7. The van der Waals surface area contributed by atoms with Crippen LogP contribution in [0.2, 0.25) is 0 Å². The normalized spacial score (nSPS) is 11.7. The zero-order valence-corrected chi connectivity index (χ0v) is 10.0. The summed E-state index contributed by atoms with van der Waals surface area (Å²) in [5.74, 6) is -1.85. The summed E-state index contributed by atoms with van der Waals surface area (Å²) in [6.07, 6.45) is -1.59. The van der Waals surface area contributed by atoms with Gasteiger partial charge >= 0.3 is 5.97 Å². The Morgan fingerprint density at radius 3 is 2.53 bits per heavy atom. The first-order valence-corrected chi connectivity index (χ1v) is 5.55. The first kappa shape index (κ1) is 14.9. The predicted molar refractivity (Wildman–Crippen MR) is 63.2 cm³/mol. The van der Waals surface area contributed by atoms with Crippen molar-refractivity contribution in [2.24, 2.45) is 0 Å². The second-order valence-corrected chi connectivity index (χ2v) is 3.74. The highest BCUT2D eigenvalue weighted by atomic mass is 19.1. The molecule has 1 aromatic carbocycles. The summed E-state index contributed by atoms with van der Waals surface area (Å²) in [7, 11) is 0. The molecule has 0 aromatic heterocycles. The van der Waals surface area contributed by atoms with Crippen LogP contribution in [0.1, 0.15) is 6.42 Å². The molecule has 1 amide bonds. The number of aliphatic hydroxyl groups excluding tert-OH is 1. The van der Waals surface area contributed by atoms with E-state index in [1.54, 1.807) is 0 Å². The van der Waals surface area contributed by atoms with E-state index in [0.29, 0.717) is 5.75 Å². The Balaban J connectivity index is 2.21. The predicted octanol–water partition coefficient (Wildman–Crippen LogP) is 0.156. The topological polar surface area (TPSA) is 95.9 Å². The molecule has 0 bridgehead atoms. The van der Waals surface area contributed by atoms with E-state index < -0.39 is 23.8 Å². The Hall–Kier alpha value is -2.15. The molecule has 0 radical (unpaired) electrons. The van der Waals surface area contributed by atoms with Gasteiger partial charge in [-0.05, 0) is 24.3 Å². The summed E-state index contributed by atoms with van der Waals surface area (Å²) in [6.45, 7) is -0.242. The number of nitrogens with one attached hydrogen (secondary N) is 1. The SMILES string of the molecule is O=C(COc1ccc(F)cc1)NCCC(O)C(=O)O. The monoisotopic (exact) mass is 271 g/mol. The average molecular weight is 271 g/mol. The standard InChI is InChI=1S/C12H14FNO5/c13-8-1-3-9(4-2-8)19-7-11(16)14-6-5-10(15)12(17)18/h1-4,10,15H,5-7H2,(H,14,16)(H,17,18). The van der Waals surface area contributed by atoms with Gasteiger partial charge in [0.15, 0.2) is 12.7 Å². The molecule has 3 N–H and O–H groups in total. The Morgan fingerprint density at radius 1 is 1.32 bits per heavy atom. The van der Waals surface area contributed by atoms with Crippen LogP contribution in [0.25, 0.3) is 0 Å². The molecular formula is C12H14FNO5. The van der Waals surface area contributed by atoms with Gasteiger partial charge in [-0.25, -0.2) is 9.18 Å². The number of benzene rings is 1. The Bertz CT molecular complexity index is 434. The van der Waals surface area contributed by atoms with E-state index in [2.05, 4.69) is 5.32 Å². The maximum atomic E-state index is 12.6. The van der Waals surface area contributed by atoms with Gasteiger partial charge in [-0.2, -0.15) is 0 Å². The van der Waals surface area contributed by atoms with Gasteiger partial charge in [-0.1, -0.05) is 0 Å². The summed E-state index contributed by atoms with van der Waals surface area (Å²) >= 11 is 0. The Labute approximate surface area is 108 Å². The highest BCUT2D eigenvalue weighted by molar-refractivity contribution is 5.77. The number of ether oxygens (including phenoxy) is 1. The van der Waals surface area contributed by atoms with Gasteiger partial charge < -0.3 is 20.3 Å². The Morgan fingerprint density at radius 2 is 1.95 bits per heavy atom. The third-order valence-electron chi connectivity index (χ3n) is 2.21. The highest BCUT2D eigenvalue weighted by Gasteiger charge is 2.12. The van der Waals surface area contributed by atoms with Crippen LogP contribution in [0.15, 0.2) is 24.3 Å². The molecule has 1 aromatic rings. The number of amides is 1. The van der Waals surface area contributed by atoms with Crippen LogP contribution < -0.4 is 10.1 Å². The average Bonchev–Trinajstić information content (AvgIpc) is 2.37. The number of hydrogen-bond acceptors (Lipinski definition) is 4. The van der Waals surface area contributed by atoms with Crippen LogP contribution in [0.3, 0.4) is 0 Å². The Kier molecular flexibility index (Phi) is 5.74. The third-order valence-corrected chi connectivity index (χ3v) is 2.21. The second-order valence-electron chi connectivity index (χ2n) is 3.74. The minimum Gasteiger partial charge on any atom is -0.484 e. The van der Waals surface area contributed by atoms with Crippen LogP contribution in [-0.2, 0) is 9.59 Å². The fourth-order valence-electron chi connectivity index (χ4n) is 1.20. The van der Waals surface area contributed by atoms with E-state index in [0.717, 1.165) is 0 Å². The van der Waals surface area contributed by atoms with Crippen molar-refractivity contribution in [3.63, 3.8) is 0 Å². The van der Waals surface area contributed by atoms with Gasteiger partial charge in [-0.3, -0.25) is 4.79 Å². The zero-order valence-electron chi connectivity index (χ0n) is 10.0. The summed E-state index contributed by atoms with van der Waals surface area (Å²) in [4.78, 5) is 21.6. The van der Waals surface area contributed by atoms with Gasteiger partial charge in [0.05, 0.1) is 0 Å². The minimum atomic E-state index is -1.50. The van der Waals surface area contributed by atoms with Crippen molar-refractivity contribution in [1.82, 2.24) is 5.32 Å². The molecule has 19 heavy (non-hydrogen) atoms. The van der Waals surface area contributed by atoms with Crippen LogP contribution in [-0.4, -0.2) is 41.3 Å². The molecule has 7 heteroatoms. The lowest BCUT2D eigenvalue weighted by Crippen LogP contribution is -2.33. The van der Waals surface area contributed by atoms with Crippen molar-refractivity contribution >= 4 is 11.9 Å². The number of carboxylic acid groups (broad SMARTS) is 1. The number of carbonyl (C=O) groups is 2. The van der Waals surface area contributed by atoms with E-state index in [9.17, 15) is 14.0 Å². The molecule has 0 saturated carbocycles. The molecule has 1 atom stereocenters. The zero-order chi connectivity index (χ0) is 14.3. The lowest BCUT2D eigenvalue weighted by molar-refractivity contribution is -0.147. The van der Waals surface area contributed by atoms with Gasteiger partial charge in [0.1, 0.15) is 11.6 Å². The lowest BCUT2D eigenvalue weighted by Gasteiger charge is -2.08. The van der Waals surface area contributed by atoms with Gasteiger partial charge in [0.2, 0.25) is 0 Å². The van der Waals surface area contributed by atoms with Crippen molar-refractivity contribution < 1.29 is 28.9 Å². The molecule has 1 rings (SSSR count). The molecule has 1 unspecified atom stereocenters. The van der Waals surface area contributed by atoms with E-state index in [4.69, 9.17) is 14.9 Å². The second kappa shape index (κ2) is 7.32. The van der Waals surface area contributed by atoms with E-state index in [-0.39, 0.29) is 19.6 Å². The lowest BCUT2D eigenvalue weighted by atomic mass is 10.2. The largest absolute Gasteiger partial charge is 0.484 e. The fourth-order valence-corrected chi connectivity index (χ4v) is 1.20. The van der Waals surface area contributed by atoms with Crippen molar-refractivity contribution in [1.29, 1.82) is 0 Å². The quantitative estimate of drug-likeness (QED) is 0.656. The molecular weight excluding hydrogens is 257 g/mol. The number of aliphatic hydroxyl groups is 1.